The molecule has 1 aliphatic heterocycles. The lowest BCUT2D eigenvalue weighted by Crippen LogP contribution is -2.45. The molecular formula is C18H28ClN3O2. The Morgan fingerprint density at radius 1 is 1.25 bits per heavy atom. The Kier molecular flexibility index (Phi) is 7.34. The summed E-state index contributed by atoms with van der Waals surface area (Å²) < 4.78 is 5.17. The first-order chi connectivity index (χ1) is 11.2. The highest BCUT2D eigenvalue weighted by molar-refractivity contribution is 5.92. The number of carbonyl (C=O) groups is 1. The standard InChI is InChI=1S/C18H27N3O2.ClH/c1-23-17-4-2-3-16(11-17)20-18(22)13-21-9-7-15(8-10-21)19-12-14-5-6-14;/h2-4,11,14-15,19H,5-10,12-13H2,1H3,(H,20,22);1H. The smallest absolute Gasteiger partial charge is 0.238 e. The van der Waals surface area contributed by atoms with Crippen LogP contribution in [0.4, 0.5) is 5.69 Å². The topological polar surface area (TPSA) is 53.6 Å². The van der Waals surface area contributed by atoms with Crippen molar-refractivity contribution in [3.8, 4) is 5.75 Å². The summed E-state index contributed by atoms with van der Waals surface area (Å²) in [7, 11) is 1.63. The zero-order valence-corrected chi connectivity index (χ0v) is 15.1. The molecule has 6 heteroatoms. The quantitative estimate of drug-likeness (QED) is 0.791. The van der Waals surface area contributed by atoms with Gasteiger partial charge in [0.05, 0.1) is 13.7 Å². The zero-order chi connectivity index (χ0) is 16.1. The number of rotatable bonds is 7. The second-order valence-corrected chi connectivity index (χ2v) is 6.68. The number of hydrogen-bond acceptors (Lipinski definition) is 4. The Morgan fingerprint density at radius 3 is 2.67 bits per heavy atom. The molecule has 0 spiro atoms. The minimum atomic E-state index is 0. The molecule has 0 atom stereocenters. The van der Waals surface area contributed by atoms with Crippen molar-refractivity contribution in [3.63, 3.8) is 0 Å². The van der Waals surface area contributed by atoms with Crippen molar-refractivity contribution in [1.82, 2.24) is 10.2 Å². The number of nitrogens with zero attached hydrogens (tertiary/aromatic N) is 1. The van der Waals surface area contributed by atoms with Crippen molar-refractivity contribution < 1.29 is 9.53 Å². The van der Waals surface area contributed by atoms with Gasteiger partial charge < -0.3 is 15.4 Å². The lowest BCUT2D eigenvalue weighted by molar-refractivity contribution is -0.117. The van der Waals surface area contributed by atoms with Crippen LogP contribution in [-0.2, 0) is 4.79 Å². The van der Waals surface area contributed by atoms with Crippen molar-refractivity contribution in [2.45, 2.75) is 31.7 Å². The second kappa shape index (κ2) is 9.25. The van der Waals surface area contributed by atoms with Crippen LogP contribution in [-0.4, -0.2) is 50.1 Å². The molecule has 2 aliphatic rings. The van der Waals surface area contributed by atoms with Gasteiger partial charge in [-0.1, -0.05) is 6.07 Å². The van der Waals surface area contributed by atoms with E-state index in [1.165, 1.54) is 19.4 Å². The molecule has 0 aromatic heterocycles. The number of ether oxygens (including phenoxy) is 1. The number of anilines is 1. The number of piperidine rings is 1. The van der Waals surface area contributed by atoms with Crippen molar-refractivity contribution in [2.75, 3.05) is 38.6 Å². The van der Waals surface area contributed by atoms with Gasteiger partial charge in [0, 0.05) is 30.9 Å². The van der Waals surface area contributed by atoms with Crippen LogP contribution in [0.3, 0.4) is 0 Å². The lowest BCUT2D eigenvalue weighted by Gasteiger charge is -2.32. The molecule has 1 amide bonds. The van der Waals surface area contributed by atoms with Crippen LogP contribution < -0.4 is 15.4 Å². The molecule has 3 rings (SSSR count). The first kappa shape index (κ1) is 19.0. The summed E-state index contributed by atoms with van der Waals surface area (Å²) in [5.74, 6) is 1.73. The summed E-state index contributed by atoms with van der Waals surface area (Å²) >= 11 is 0. The number of likely N-dealkylation sites (tertiary alicyclic amines) is 1. The second-order valence-electron chi connectivity index (χ2n) is 6.68. The van der Waals surface area contributed by atoms with E-state index in [1.807, 2.05) is 24.3 Å². The molecule has 1 aromatic rings. The van der Waals surface area contributed by atoms with Gasteiger partial charge in [-0.05, 0) is 50.3 Å². The summed E-state index contributed by atoms with van der Waals surface area (Å²) in [6.07, 6.45) is 5.07. The van der Waals surface area contributed by atoms with Crippen LogP contribution in [0.5, 0.6) is 5.75 Å². The van der Waals surface area contributed by atoms with Crippen molar-refractivity contribution in [1.29, 1.82) is 0 Å². The fraction of sp³-hybridized carbons (Fsp3) is 0.611. The Morgan fingerprint density at radius 2 is 2.00 bits per heavy atom. The predicted molar refractivity (Wildman–Crippen MR) is 99.1 cm³/mol. The van der Waals surface area contributed by atoms with Gasteiger partial charge in [0.2, 0.25) is 5.91 Å². The molecule has 1 saturated carbocycles. The van der Waals surface area contributed by atoms with Gasteiger partial charge in [-0.15, -0.1) is 12.4 Å². The largest absolute Gasteiger partial charge is 0.497 e. The normalized spacial score (nSPS) is 18.7. The SMILES string of the molecule is COc1cccc(NC(=O)CN2CCC(NCC3CC3)CC2)c1.Cl. The molecule has 1 saturated heterocycles. The average Bonchev–Trinajstić information content (AvgIpc) is 3.38. The lowest BCUT2D eigenvalue weighted by atomic mass is 10.0. The average molecular weight is 354 g/mol. The molecule has 5 nitrogen and oxygen atoms in total. The highest BCUT2D eigenvalue weighted by atomic mass is 35.5. The third-order valence-electron chi connectivity index (χ3n) is 4.70. The van der Waals surface area contributed by atoms with Gasteiger partial charge in [-0.2, -0.15) is 0 Å². The molecule has 2 N–H and O–H groups in total. The first-order valence-electron chi connectivity index (χ1n) is 8.62. The van der Waals surface area contributed by atoms with E-state index in [-0.39, 0.29) is 18.3 Å². The summed E-state index contributed by atoms with van der Waals surface area (Å²) in [6.45, 7) is 3.63. The molecule has 1 heterocycles. The molecule has 2 fully saturated rings. The molecule has 0 unspecified atom stereocenters. The van der Waals surface area contributed by atoms with Crippen LogP contribution in [0.25, 0.3) is 0 Å². The molecular weight excluding hydrogens is 326 g/mol. The monoisotopic (exact) mass is 353 g/mol. The molecule has 0 bridgehead atoms. The minimum Gasteiger partial charge on any atom is -0.497 e. The number of hydrogen-bond donors (Lipinski definition) is 2. The van der Waals surface area contributed by atoms with Crippen molar-refractivity contribution in [3.05, 3.63) is 24.3 Å². The van der Waals surface area contributed by atoms with Crippen molar-refractivity contribution in [2.24, 2.45) is 5.92 Å². The number of benzene rings is 1. The molecule has 1 aromatic carbocycles. The highest BCUT2D eigenvalue weighted by Crippen LogP contribution is 2.28. The van der Waals surface area contributed by atoms with Crippen LogP contribution in [0, 0.1) is 5.92 Å². The van der Waals surface area contributed by atoms with Gasteiger partial charge in [0.25, 0.3) is 0 Å². The molecule has 1 aliphatic carbocycles. The van der Waals surface area contributed by atoms with E-state index in [1.54, 1.807) is 7.11 Å². The number of methoxy groups -OCH3 is 1. The number of amides is 1. The number of halogens is 1. The summed E-state index contributed by atoms with van der Waals surface area (Å²) in [6, 6.07) is 8.11. The van der Waals surface area contributed by atoms with Crippen LogP contribution in [0.2, 0.25) is 0 Å². The minimum absolute atomic E-state index is 0. The number of carbonyl (C=O) groups excluding carboxylic acids is 1. The van der Waals surface area contributed by atoms with E-state index in [2.05, 4.69) is 15.5 Å². The Bertz CT molecular complexity index is 529. The van der Waals surface area contributed by atoms with Crippen LogP contribution in [0.15, 0.2) is 24.3 Å². The molecule has 24 heavy (non-hydrogen) atoms. The third-order valence-corrected chi connectivity index (χ3v) is 4.70. The highest BCUT2D eigenvalue weighted by Gasteiger charge is 2.24. The van der Waals surface area contributed by atoms with Crippen molar-refractivity contribution >= 4 is 24.0 Å². The Labute approximate surface area is 150 Å². The number of nitrogens with one attached hydrogen (secondary N) is 2. The van der Waals surface area contributed by atoms with E-state index < -0.39 is 0 Å². The summed E-state index contributed by atoms with van der Waals surface area (Å²) in [5.41, 5.74) is 0.787. The maximum atomic E-state index is 12.2. The Balaban J connectivity index is 0.00000208. The predicted octanol–water partition coefficient (Wildman–Crippen LogP) is 2.52. The zero-order valence-electron chi connectivity index (χ0n) is 14.3. The third kappa shape index (κ3) is 5.96. The fourth-order valence-corrected chi connectivity index (χ4v) is 3.05. The van der Waals surface area contributed by atoms with Crippen LogP contribution >= 0.6 is 12.4 Å². The van der Waals surface area contributed by atoms with E-state index >= 15 is 0 Å². The van der Waals surface area contributed by atoms with Gasteiger partial charge in [0.1, 0.15) is 5.75 Å². The van der Waals surface area contributed by atoms with Gasteiger partial charge >= 0.3 is 0 Å². The molecule has 0 radical (unpaired) electrons. The van der Waals surface area contributed by atoms with E-state index in [0.29, 0.717) is 12.6 Å². The first-order valence-corrected chi connectivity index (χ1v) is 8.62. The Hall–Kier alpha value is -1.30. The fourth-order valence-electron chi connectivity index (χ4n) is 3.05. The van der Waals surface area contributed by atoms with Gasteiger partial charge in [-0.3, -0.25) is 9.69 Å². The molecule has 134 valence electrons. The van der Waals surface area contributed by atoms with Gasteiger partial charge in [0.15, 0.2) is 0 Å². The summed E-state index contributed by atoms with van der Waals surface area (Å²) in [5, 5.41) is 6.62. The van der Waals surface area contributed by atoms with Crippen LogP contribution in [0.1, 0.15) is 25.7 Å². The maximum Gasteiger partial charge on any atom is 0.238 e. The van der Waals surface area contributed by atoms with E-state index in [0.717, 1.165) is 43.3 Å². The van der Waals surface area contributed by atoms with Gasteiger partial charge in [-0.25, -0.2) is 0 Å². The summed E-state index contributed by atoms with van der Waals surface area (Å²) in [4.78, 5) is 14.4. The van der Waals surface area contributed by atoms with E-state index in [9.17, 15) is 4.79 Å². The van der Waals surface area contributed by atoms with E-state index in [4.69, 9.17) is 4.74 Å². The maximum absolute atomic E-state index is 12.2.